The lowest BCUT2D eigenvalue weighted by Gasteiger charge is -2.07. The molecule has 0 aliphatic heterocycles. The van der Waals surface area contributed by atoms with Crippen molar-refractivity contribution in [1.29, 1.82) is 0 Å². The minimum Gasteiger partial charge on any atom is -0.306 e. The molecule has 1 aromatic heterocycles. The molecule has 3 rings (SSSR count). The largest absolute Gasteiger partial charge is 0.333 e. The molecule has 0 atom stereocenters. The van der Waals surface area contributed by atoms with Crippen LogP contribution in [0.5, 0.6) is 0 Å². The van der Waals surface area contributed by atoms with Gasteiger partial charge in [-0.15, -0.1) is 0 Å². The number of hydrogen-bond donors (Lipinski definition) is 1. The van der Waals surface area contributed by atoms with Gasteiger partial charge in [-0.1, -0.05) is 23.7 Å². The summed E-state index contributed by atoms with van der Waals surface area (Å²) in [7, 11) is 0. The van der Waals surface area contributed by atoms with Crippen LogP contribution in [-0.2, 0) is 0 Å². The third kappa shape index (κ3) is 1.92. The lowest BCUT2D eigenvalue weighted by Crippen LogP contribution is -2.34. The van der Waals surface area contributed by atoms with Gasteiger partial charge in [0.15, 0.2) is 0 Å². The molecule has 3 aromatic rings. The Kier molecular flexibility index (Phi) is 2.91. The molecule has 20 heavy (non-hydrogen) atoms. The maximum atomic E-state index is 13.9. The summed E-state index contributed by atoms with van der Waals surface area (Å²) in [5.41, 5.74) is -1.000. The summed E-state index contributed by atoms with van der Waals surface area (Å²) >= 11 is 5.67. The summed E-state index contributed by atoms with van der Waals surface area (Å²) in [6.45, 7) is 0. The normalized spacial score (nSPS) is 10.9. The number of aromatic amines is 1. The number of halogens is 2. The molecule has 0 unspecified atom stereocenters. The van der Waals surface area contributed by atoms with Gasteiger partial charge in [-0.3, -0.25) is 4.79 Å². The van der Waals surface area contributed by atoms with Crippen molar-refractivity contribution in [3.63, 3.8) is 0 Å². The van der Waals surface area contributed by atoms with Crippen molar-refractivity contribution < 1.29 is 4.39 Å². The van der Waals surface area contributed by atoms with Crippen LogP contribution in [0.2, 0.25) is 5.02 Å². The highest BCUT2D eigenvalue weighted by molar-refractivity contribution is 6.30. The number of para-hydroxylation sites is 1. The molecule has 4 nitrogen and oxygen atoms in total. The Bertz CT molecular complexity index is 930. The van der Waals surface area contributed by atoms with E-state index in [1.54, 1.807) is 24.3 Å². The molecule has 1 N–H and O–H groups in total. The van der Waals surface area contributed by atoms with E-state index in [-0.39, 0.29) is 10.7 Å². The summed E-state index contributed by atoms with van der Waals surface area (Å²) in [6.07, 6.45) is 0. The molecule has 0 saturated carbocycles. The van der Waals surface area contributed by atoms with Crippen molar-refractivity contribution >= 4 is 22.5 Å². The summed E-state index contributed by atoms with van der Waals surface area (Å²) < 4.78 is 14.7. The summed E-state index contributed by atoms with van der Waals surface area (Å²) in [5.74, 6) is -0.736. The fraction of sp³-hybridized carbons (Fsp3) is 0. The van der Waals surface area contributed by atoms with E-state index in [1.165, 1.54) is 12.1 Å². The van der Waals surface area contributed by atoms with Crippen molar-refractivity contribution in [2.45, 2.75) is 0 Å². The molecule has 0 amide bonds. The van der Waals surface area contributed by atoms with Crippen LogP contribution < -0.4 is 11.2 Å². The number of nitrogens with one attached hydrogen (secondary N) is 1. The molecule has 100 valence electrons. The number of fused-ring (bicyclic) bond motifs is 1. The molecule has 6 heteroatoms. The van der Waals surface area contributed by atoms with Gasteiger partial charge in [0, 0.05) is 5.02 Å². The van der Waals surface area contributed by atoms with Crippen molar-refractivity contribution in [3.05, 3.63) is 74.1 Å². The van der Waals surface area contributed by atoms with Crippen LogP contribution in [0.4, 0.5) is 4.39 Å². The second kappa shape index (κ2) is 4.61. The molecular formula is C14H8ClFN2O2. The van der Waals surface area contributed by atoms with Gasteiger partial charge in [-0.25, -0.2) is 13.8 Å². The van der Waals surface area contributed by atoms with Gasteiger partial charge in [0.1, 0.15) is 5.82 Å². The van der Waals surface area contributed by atoms with Crippen LogP contribution >= 0.6 is 11.6 Å². The van der Waals surface area contributed by atoms with Crippen LogP contribution in [-0.4, -0.2) is 9.55 Å². The van der Waals surface area contributed by atoms with Gasteiger partial charge in [-0.05, 0) is 30.3 Å². The molecule has 0 bridgehead atoms. The van der Waals surface area contributed by atoms with Crippen molar-refractivity contribution in [2.24, 2.45) is 0 Å². The minimum absolute atomic E-state index is 0.133. The SMILES string of the molecule is O=c1[nH]c2ccccc2c(=O)n1-c1ccc(Cl)cc1F. The summed E-state index contributed by atoms with van der Waals surface area (Å²) in [5, 5.41) is 0.498. The topological polar surface area (TPSA) is 54.9 Å². The zero-order valence-corrected chi connectivity index (χ0v) is 10.8. The fourth-order valence-corrected chi connectivity index (χ4v) is 2.20. The maximum absolute atomic E-state index is 13.9. The van der Waals surface area contributed by atoms with Gasteiger partial charge < -0.3 is 4.98 Å². The Hall–Kier alpha value is -2.40. The molecule has 1 heterocycles. The average molecular weight is 291 g/mol. The zero-order chi connectivity index (χ0) is 14.3. The highest BCUT2D eigenvalue weighted by Gasteiger charge is 2.12. The first-order valence-electron chi connectivity index (χ1n) is 5.77. The van der Waals surface area contributed by atoms with Crippen LogP contribution in [0.3, 0.4) is 0 Å². The van der Waals surface area contributed by atoms with Crippen LogP contribution in [0.1, 0.15) is 0 Å². The second-order valence-electron chi connectivity index (χ2n) is 4.21. The van der Waals surface area contributed by atoms with E-state index in [9.17, 15) is 14.0 Å². The second-order valence-corrected chi connectivity index (χ2v) is 4.65. The smallest absolute Gasteiger partial charge is 0.306 e. The Balaban J connectivity index is 2.43. The molecule has 0 aliphatic carbocycles. The Morgan fingerprint density at radius 1 is 1.10 bits per heavy atom. The lowest BCUT2D eigenvalue weighted by atomic mass is 10.2. The molecule has 0 fully saturated rings. The van der Waals surface area contributed by atoms with E-state index in [2.05, 4.69) is 4.98 Å². The minimum atomic E-state index is -0.736. The predicted octanol–water partition coefficient (Wildman–Crippen LogP) is 2.47. The zero-order valence-electron chi connectivity index (χ0n) is 10.1. The summed E-state index contributed by atoms with van der Waals surface area (Å²) in [4.78, 5) is 26.9. The van der Waals surface area contributed by atoms with Gasteiger partial charge in [-0.2, -0.15) is 0 Å². The van der Waals surface area contributed by atoms with Crippen molar-refractivity contribution in [3.8, 4) is 5.69 Å². The first-order valence-corrected chi connectivity index (χ1v) is 6.15. The number of benzene rings is 2. The number of H-pyrrole nitrogens is 1. The van der Waals surface area contributed by atoms with Gasteiger partial charge in [0.25, 0.3) is 5.56 Å². The Morgan fingerprint density at radius 3 is 2.60 bits per heavy atom. The highest BCUT2D eigenvalue weighted by Crippen LogP contribution is 2.16. The summed E-state index contributed by atoms with van der Waals surface area (Å²) in [6, 6.07) is 10.3. The van der Waals surface area contributed by atoms with E-state index in [0.717, 1.165) is 10.6 Å². The fourth-order valence-electron chi connectivity index (χ4n) is 2.04. The van der Waals surface area contributed by atoms with Gasteiger partial charge in [0.05, 0.1) is 16.6 Å². The maximum Gasteiger partial charge on any atom is 0.333 e. The average Bonchev–Trinajstić information content (AvgIpc) is 2.41. The van der Waals surface area contributed by atoms with Gasteiger partial charge in [0.2, 0.25) is 0 Å². The molecule has 0 saturated heterocycles. The number of nitrogens with zero attached hydrogens (tertiary/aromatic N) is 1. The van der Waals surface area contributed by atoms with Crippen LogP contribution in [0, 0.1) is 5.82 Å². The Morgan fingerprint density at radius 2 is 1.85 bits per heavy atom. The standard InChI is InChI=1S/C14H8ClFN2O2/c15-8-5-6-12(10(16)7-8)18-13(19)9-3-1-2-4-11(9)17-14(18)20/h1-7H,(H,17,20). The first kappa shape index (κ1) is 12.6. The van der Waals surface area contributed by atoms with Crippen LogP contribution in [0.25, 0.3) is 16.6 Å². The van der Waals surface area contributed by atoms with E-state index in [0.29, 0.717) is 10.9 Å². The molecule has 2 aromatic carbocycles. The van der Waals surface area contributed by atoms with E-state index >= 15 is 0 Å². The van der Waals surface area contributed by atoms with Crippen LogP contribution in [0.15, 0.2) is 52.1 Å². The molecule has 0 spiro atoms. The molecular weight excluding hydrogens is 283 g/mol. The van der Waals surface area contributed by atoms with E-state index in [1.807, 2.05) is 0 Å². The predicted molar refractivity (Wildman–Crippen MR) is 75.1 cm³/mol. The third-order valence-electron chi connectivity index (χ3n) is 2.96. The highest BCUT2D eigenvalue weighted by atomic mass is 35.5. The number of hydrogen-bond acceptors (Lipinski definition) is 2. The van der Waals surface area contributed by atoms with Crippen molar-refractivity contribution in [2.75, 3.05) is 0 Å². The lowest BCUT2D eigenvalue weighted by molar-refractivity contribution is 0.613. The monoisotopic (exact) mass is 290 g/mol. The number of rotatable bonds is 1. The van der Waals surface area contributed by atoms with Gasteiger partial charge >= 0.3 is 5.69 Å². The first-order chi connectivity index (χ1) is 9.58. The Labute approximate surface area is 117 Å². The van der Waals surface area contributed by atoms with Crippen molar-refractivity contribution in [1.82, 2.24) is 9.55 Å². The van der Waals surface area contributed by atoms with E-state index in [4.69, 9.17) is 11.6 Å². The molecule has 0 radical (unpaired) electrons. The number of aromatic nitrogens is 2. The third-order valence-corrected chi connectivity index (χ3v) is 3.19. The quantitative estimate of drug-likeness (QED) is 0.748. The molecule has 0 aliphatic rings. The van der Waals surface area contributed by atoms with E-state index < -0.39 is 17.1 Å².